The Kier molecular flexibility index (Phi) is 3.71. The molecule has 0 aliphatic carbocycles. The Morgan fingerprint density at radius 2 is 2.00 bits per heavy atom. The second-order valence-electron chi connectivity index (χ2n) is 2.89. The number of nitrogens with two attached hydrogens (primary N) is 1. The Morgan fingerprint density at radius 1 is 1.41 bits per heavy atom. The normalized spacial score (nSPS) is 11.9. The number of aromatic nitrogens is 1. The number of alkyl halides is 5. The van der Waals surface area contributed by atoms with Crippen LogP contribution in [-0.4, -0.2) is 16.5 Å². The number of nitrogens with zero attached hydrogens (tertiary/aromatic N) is 1. The molecular formula is C8H7F5N2O2. The molecule has 0 spiro atoms. The third-order valence-electron chi connectivity index (χ3n) is 1.69. The van der Waals surface area contributed by atoms with E-state index in [2.05, 4.69) is 9.72 Å². The third kappa shape index (κ3) is 3.41. The summed E-state index contributed by atoms with van der Waals surface area (Å²) in [6, 6.07) is 0.312. The molecule has 0 saturated heterocycles. The molecule has 0 aliphatic rings. The fourth-order valence-electron chi connectivity index (χ4n) is 1.04. The molecule has 0 fully saturated rings. The first-order chi connectivity index (χ1) is 7.74. The lowest BCUT2D eigenvalue weighted by Crippen LogP contribution is -2.18. The molecule has 9 heteroatoms. The van der Waals surface area contributed by atoms with Gasteiger partial charge in [-0.15, -0.1) is 13.2 Å². The standard InChI is InChI=1S/C8H7F5N2O2/c9-7(10)3-1-5(17-8(11,12)13)6(16)4(2-14)15-3/h1,7,16H,2,14H2. The summed E-state index contributed by atoms with van der Waals surface area (Å²) in [5.41, 5.74) is 3.59. The van der Waals surface area contributed by atoms with E-state index >= 15 is 0 Å². The van der Waals surface area contributed by atoms with E-state index < -0.39 is 42.2 Å². The van der Waals surface area contributed by atoms with Crippen LogP contribution in [0.25, 0.3) is 0 Å². The van der Waals surface area contributed by atoms with E-state index in [4.69, 9.17) is 5.73 Å². The molecule has 96 valence electrons. The smallest absolute Gasteiger partial charge is 0.503 e. The van der Waals surface area contributed by atoms with Gasteiger partial charge in [0.2, 0.25) is 0 Å². The zero-order valence-corrected chi connectivity index (χ0v) is 8.13. The predicted molar refractivity (Wildman–Crippen MR) is 45.4 cm³/mol. The minimum Gasteiger partial charge on any atom is -0.503 e. The topological polar surface area (TPSA) is 68.4 Å². The number of halogens is 5. The number of hydrogen-bond donors (Lipinski definition) is 2. The molecular weight excluding hydrogens is 251 g/mol. The average Bonchev–Trinajstić information content (AvgIpc) is 2.18. The van der Waals surface area contributed by atoms with Crippen LogP contribution in [0.2, 0.25) is 0 Å². The molecule has 1 rings (SSSR count). The van der Waals surface area contributed by atoms with E-state index in [-0.39, 0.29) is 0 Å². The van der Waals surface area contributed by atoms with E-state index in [0.29, 0.717) is 6.07 Å². The van der Waals surface area contributed by atoms with Gasteiger partial charge in [0.25, 0.3) is 6.43 Å². The highest BCUT2D eigenvalue weighted by Gasteiger charge is 2.33. The molecule has 0 aliphatic heterocycles. The summed E-state index contributed by atoms with van der Waals surface area (Å²) in [5, 5.41) is 9.25. The first-order valence-electron chi connectivity index (χ1n) is 4.21. The fraction of sp³-hybridized carbons (Fsp3) is 0.375. The van der Waals surface area contributed by atoms with Crippen LogP contribution in [-0.2, 0) is 6.54 Å². The third-order valence-corrected chi connectivity index (χ3v) is 1.69. The highest BCUT2D eigenvalue weighted by atomic mass is 19.4. The van der Waals surface area contributed by atoms with Gasteiger partial charge >= 0.3 is 6.36 Å². The van der Waals surface area contributed by atoms with Gasteiger partial charge < -0.3 is 15.6 Å². The number of pyridine rings is 1. The Morgan fingerprint density at radius 3 is 2.41 bits per heavy atom. The molecule has 0 atom stereocenters. The molecule has 1 aromatic rings. The van der Waals surface area contributed by atoms with Crippen molar-refractivity contribution < 1.29 is 31.8 Å². The molecule has 0 radical (unpaired) electrons. The molecule has 1 heterocycles. The van der Waals surface area contributed by atoms with Gasteiger partial charge in [-0.2, -0.15) is 0 Å². The molecule has 17 heavy (non-hydrogen) atoms. The van der Waals surface area contributed by atoms with Crippen LogP contribution >= 0.6 is 0 Å². The van der Waals surface area contributed by atoms with Gasteiger partial charge in [-0.3, -0.25) is 0 Å². The monoisotopic (exact) mass is 258 g/mol. The highest BCUT2D eigenvalue weighted by molar-refractivity contribution is 5.43. The summed E-state index contributed by atoms with van der Waals surface area (Å²) in [4.78, 5) is 3.21. The van der Waals surface area contributed by atoms with Gasteiger partial charge in [0.1, 0.15) is 11.4 Å². The van der Waals surface area contributed by atoms with E-state index in [1.165, 1.54) is 0 Å². The van der Waals surface area contributed by atoms with Gasteiger partial charge in [0.15, 0.2) is 11.5 Å². The SMILES string of the molecule is NCc1nc(C(F)F)cc(OC(F)(F)F)c1O. The minimum absolute atomic E-state index is 0.312. The van der Waals surface area contributed by atoms with Gasteiger partial charge in [0.05, 0.1) is 0 Å². The van der Waals surface area contributed by atoms with Gasteiger partial charge in [-0.25, -0.2) is 13.8 Å². The summed E-state index contributed by atoms with van der Waals surface area (Å²) < 4.78 is 63.8. The van der Waals surface area contributed by atoms with Crippen LogP contribution in [0.4, 0.5) is 22.0 Å². The van der Waals surface area contributed by atoms with Crippen LogP contribution in [0.5, 0.6) is 11.5 Å². The van der Waals surface area contributed by atoms with Crippen LogP contribution in [0.15, 0.2) is 6.07 Å². The lowest BCUT2D eigenvalue weighted by Gasteiger charge is -2.13. The van der Waals surface area contributed by atoms with Gasteiger partial charge in [-0.1, -0.05) is 0 Å². The molecule has 0 unspecified atom stereocenters. The number of hydrogen-bond acceptors (Lipinski definition) is 4. The van der Waals surface area contributed by atoms with Crippen molar-refractivity contribution in [2.75, 3.05) is 0 Å². The van der Waals surface area contributed by atoms with Gasteiger partial charge in [-0.05, 0) is 0 Å². The van der Waals surface area contributed by atoms with Crippen LogP contribution in [0.3, 0.4) is 0 Å². The molecule has 0 aromatic carbocycles. The first kappa shape index (κ1) is 13.4. The largest absolute Gasteiger partial charge is 0.573 e. The molecule has 0 amide bonds. The lowest BCUT2D eigenvalue weighted by molar-refractivity contribution is -0.275. The zero-order valence-electron chi connectivity index (χ0n) is 8.13. The van der Waals surface area contributed by atoms with Crippen molar-refractivity contribution in [1.29, 1.82) is 0 Å². The highest BCUT2D eigenvalue weighted by Crippen LogP contribution is 2.35. The van der Waals surface area contributed by atoms with Crippen LogP contribution < -0.4 is 10.5 Å². The maximum atomic E-state index is 12.3. The van der Waals surface area contributed by atoms with E-state index in [9.17, 15) is 27.1 Å². The number of ether oxygens (including phenoxy) is 1. The Labute approximate surface area is 91.8 Å². The second-order valence-corrected chi connectivity index (χ2v) is 2.89. The van der Waals surface area contributed by atoms with Crippen molar-refractivity contribution in [2.24, 2.45) is 5.73 Å². The number of aromatic hydroxyl groups is 1. The Bertz CT molecular complexity index is 408. The van der Waals surface area contributed by atoms with Crippen molar-refractivity contribution in [1.82, 2.24) is 4.98 Å². The van der Waals surface area contributed by atoms with Crippen molar-refractivity contribution in [3.8, 4) is 11.5 Å². The van der Waals surface area contributed by atoms with Crippen molar-refractivity contribution in [3.63, 3.8) is 0 Å². The Hall–Kier alpha value is -1.64. The Balaban J connectivity index is 3.23. The van der Waals surface area contributed by atoms with Gasteiger partial charge in [0, 0.05) is 12.6 Å². The van der Waals surface area contributed by atoms with Crippen LogP contribution in [0, 0.1) is 0 Å². The lowest BCUT2D eigenvalue weighted by atomic mass is 10.2. The molecule has 0 saturated carbocycles. The summed E-state index contributed by atoms with van der Waals surface area (Å²) in [6.07, 6.45) is -8.21. The van der Waals surface area contributed by atoms with Crippen molar-refractivity contribution >= 4 is 0 Å². The summed E-state index contributed by atoms with van der Waals surface area (Å²) in [6.45, 7) is -0.499. The maximum Gasteiger partial charge on any atom is 0.573 e. The quantitative estimate of drug-likeness (QED) is 0.814. The van der Waals surface area contributed by atoms with Crippen molar-refractivity contribution in [2.45, 2.75) is 19.3 Å². The van der Waals surface area contributed by atoms with E-state index in [1.807, 2.05) is 0 Å². The molecule has 1 aromatic heterocycles. The molecule has 0 bridgehead atoms. The first-order valence-corrected chi connectivity index (χ1v) is 4.21. The maximum absolute atomic E-state index is 12.3. The summed E-state index contributed by atoms with van der Waals surface area (Å²) in [5.74, 6) is -2.16. The minimum atomic E-state index is -5.11. The second kappa shape index (κ2) is 4.70. The fourth-order valence-corrected chi connectivity index (χ4v) is 1.04. The molecule has 4 nitrogen and oxygen atoms in total. The number of rotatable bonds is 3. The molecule has 3 N–H and O–H groups in total. The average molecular weight is 258 g/mol. The summed E-state index contributed by atoms with van der Waals surface area (Å²) in [7, 11) is 0. The predicted octanol–water partition coefficient (Wildman–Crippen LogP) is 2.08. The summed E-state index contributed by atoms with van der Waals surface area (Å²) >= 11 is 0. The van der Waals surface area contributed by atoms with E-state index in [0.717, 1.165) is 0 Å². The van der Waals surface area contributed by atoms with E-state index in [1.54, 1.807) is 0 Å². The zero-order chi connectivity index (χ0) is 13.2. The van der Waals surface area contributed by atoms with Crippen molar-refractivity contribution in [3.05, 3.63) is 17.5 Å². The van der Waals surface area contributed by atoms with Crippen LogP contribution in [0.1, 0.15) is 17.8 Å².